The van der Waals surface area contributed by atoms with Gasteiger partial charge in [0.05, 0.1) is 19.9 Å². The Kier molecular flexibility index (Phi) is 3.87. The molecule has 0 bridgehead atoms. The topological polar surface area (TPSA) is 60.3 Å². The third-order valence-corrected chi connectivity index (χ3v) is 3.69. The highest BCUT2D eigenvalue weighted by atomic mass is 16.6. The SMILES string of the molecule is COc1ccc(C2=NOC(c3cccc(OC)c3O)C2)cc1. The standard InChI is InChI=1S/C17H17NO4/c1-20-12-8-6-11(7-9-12)14-10-16(22-18-14)13-4-3-5-15(21-2)17(13)19/h3-9,16,19H,10H2,1-2H3. The number of para-hydroxylation sites is 1. The number of rotatable bonds is 4. The molecule has 1 heterocycles. The minimum absolute atomic E-state index is 0.0983. The van der Waals surface area contributed by atoms with Gasteiger partial charge in [-0.2, -0.15) is 0 Å². The van der Waals surface area contributed by atoms with Gasteiger partial charge < -0.3 is 19.4 Å². The van der Waals surface area contributed by atoms with E-state index >= 15 is 0 Å². The second kappa shape index (κ2) is 5.97. The van der Waals surface area contributed by atoms with Gasteiger partial charge in [-0.1, -0.05) is 17.3 Å². The van der Waals surface area contributed by atoms with E-state index in [2.05, 4.69) is 5.16 Å². The van der Waals surface area contributed by atoms with Crippen molar-refractivity contribution in [3.05, 3.63) is 53.6 Å². The molecule has 0 spiro atoms. The van der Waals surface area contributed by atoms with Crippen molar-refractivity contribution in [3.8, 4) is 17.2 Å². The summed E-state index contributed by atoms with van der Waals surface area (Å²) in [4.78, 5) is 5.48. The van der Waals surface area contributed by atoms with Crippen LogP contribution in [0.3, 0.4) is 0 Å². The molecule has 1 aliphatic heterocycles. The lowest BCUT2D eigenvalue weighted by Crippen LogP contribution is -2.02. The molecule has 3 rings (SSSR count). The summed E-state index contributed by atoms with van der Waals surface area (Å²) in [6.45, 7) is 0. The van der Waals surface area contributed by atoms with Crippen LogP contribution in [0.15, 0.2) is 47.6 Å². The van der Waals surface area contributed by atoms with Crippen molar-refractivity contribution in [1.29, 1.82) is 0 Å². The van der Waals surface area contributed by atoms with Crippen molar-refractivity contribution < 1.29 is 19.4 Å². The van der Waals surface area contributed by atoms with Crippen LogP contribution in [0.1, 0.15) is 23.7 Å². The summed E-state index contributed by atoms with van der Waals surface area (Å²) in [5, 5.41) is 14.3. The second-order valence-corrected chi connectivity index (χ2v) is 4.96. The molecule has 0 radical (unpaired) electrons. The van der Waals surface area contributed by atoms with Gasteiger partial charge in [-0.3, -0.25) is 0 Å². The Morgan fingerprint density at radius 3 is 2.55 bits per heavy atom. The van der Waals surface area contributed by atoms with Crippen molar-refractivity contribution in [2.75, 3.05) is 14.2 Å². The maximum Gasteiger partial charge on any atom is 0.164 e. The molecule has 2 aromatic rings. The number of benzene rings is 2. The molecule has 1 N–H and O–H groups in total. The Hall–Kier alpha value is -2.69. The minimum atomic E-state index is -0.313. The number of hydrogen-bond acceptors (Lipinski definition) is 5. The van der Waals surface area contributed by atoms with Crippen LogP contribution in [0.2, 0.25) is 0 Å². The first kappa shape index (κ1) is 14.3. The molecule has 1 atom stereocenters. The lowest BCUT2D eigenvalue weighted by atomic mass is 9.99. The summed E-state index contributed by atoms with van der Waals surface area (Å²) >= 11 is 0. The predicted octanol–water partition coefficient (Wildman–Crippen LogP) is 3.28. The van der Waals surface area contributed by atoms with E-state index in [1.165, 1.54) is 7.11 Å². The summed E-state index contributed by atoms with van der Waals surface area (Å²) in [7, 11) is 3.15. The zero-order valence-electron chi connectivity index (χ0n) is 12.4. The van der Waals surface area contributed by atoms with Gasteiger partial charge >= 0.3 is 0 Å². The van der Waals surface area contributed by atoms with Crippen molar-refractivity contribution >= 4 is 5.71 Å². The zero-order valence-corrected chi connectivity index (χ0v) is 12.4. The number of methoxy groups -OCH3 is 2. The smallest absolute Gasteiger partial charge is 0.164 e. The number of phenols is 1. The molecule has 22 heavy (non-hydrogen) atoms. The molecular weight excluding hydrogens is 282 g/mol. The van der Waals surface area contributed by atoms with E-state index < -0.39 is 0 Å². The van der Waals surface area contributed by atoms with E-state index in [9.17, 15) is 5.11 Å². The highest BCUT2D eigenvalue weighted by molar-refractivity contribution is 6.01. The molecule has 0 fully saturated rings. The first-order valence-electron chi connectivity index (χ1n) is 6.96. The number of ether oxygens (including phenoxy) is 2. The fourth-order valence-corrected chi connectivity index (χ4v) is 2.46. The molecule has 1 aliphatic rings. The van der Waals surface area contributed by atoms with Gasteiger partial charge in [0.2, 0.25) is 0 Å². The lowest BCUT2D eigenvalue weighted by Gasteiger charge is -2.12. The molecule has 0 aliphatic carbocycles. The van der Waals surface area contributed by atoms with Gasteiger partial charge in [0.25, 0.3) is 0 Å². The molecule has 0 saturated carbocycles. The fraction of sp³-hybridized carbons (Fsp3) is 0.235. The maximum atomic E-state index is 10.2. The Labute approximate surface area is 128 Å². The van der Waals surface area contributed by atoms with Gasteiger partial charge in [-0.05, 0) is 35.9 Å². The van der Waals surface area contributed by atoms with Crippen LogP contribution in [0.5, 0.6) is 17.2 Å². The summed E-state index contributed by atoms with van der Waals surface area (Å²) in [6, 6.07) is 13.0. The van der Waals surface area contributed by atoms with Gasteiger partial charge in [-0.25, -0.2) is 0 Å². The molecule has 2 aromatic carbocycles. The largest absolute Gasteiger partial charge is 0.504 e. The van der Waals surface area contributed by atoms with Crippen LogP contribution in [0.4, 0.5) is 0 Å². The maximum absolute atomic E-state index is 10.2. The van der Waals surface area contributed by atoms with E-state index in [1.807, 2.05) is 36.4 Å². The monoisotopic (exact) mass is 299 g/mol. The van der Waals surface area contributed by atoms with E-state index in [4.69, 9.17) is 14.3 Å². The predicted molar refractivity (Wildman–Crippen MR) is 82.6 cm³/mol. The average Bonchev–Trinajstić information content (AvgIpc) is 3.05. The summed E-state index contributed by atoms with van der Waals surface area (Å²) in [5.74, 6) is 1.32. The highest BCUT2D eigenvalue weighted by Crippen LogP contribution is 2.39. The first-order chi connectivity index (χ1) is 10.7. The fourth-order valence-electron chi connectivity index (χ4n) is 2.46. The third-order valence-electron chi connectivity index (χ3n) is 3.69. The molecule has 0 saturated heterocycles. The van der Waals surface area contributed by atoms with Gasteiger partial charge in [0.15, 0.2) is 17.6 Å². The van der Waals surface area contributed by atoms with Crippen LogP contribution >= 0.6 is 0 Å². The normalized spacial score (nSPS) is 16.8. The molecule has 0 amide bonds. The Balaban J connectivity index is 1.79. The van der Waals surface area contributed by atoms with Crippen LogP contribution in [-0.2, 0) is 4.84 Å². The average molecular weight is 299 g/mol. The number of phenolic OH excluding ortho intramolecular Hbond substituents is 1. The van der Waals surface area contributed by atoms with Crippen molar-refractivity contribution in [1.82, 2.24) is 0 Å². The minimum Gasteiger partial charge on any atom is -0.504 e. The third kappa shape index (κ3) is 2.57. The molecule has 5 nitrogen and oxygen atoms in total. The van der Waals surface area contributed by atoms with E-state index in [1.54, 1.807) is 13.2 Å². The van der Waals surface area contributed by atoms with Crippen molar-refractivity contribution in [2.24, 2.45) is 5.16 Å². The number of nitrogens with zero attached hydrogens (tertiary/aromatic N) is 1. The summed E-state index contributed by atoms with van der Waals surface area (Å²) in [5.41, 5.74) is 2.49. The summed E-state index contributed by atoms with van der Waals surface area (Å²) < 4.78 is 10.3. The van der Waals surface area contributed by atoms with E-state index in [-0.39, 0.29) is 11.9 Å². The number of aromatic hydroxyl groups is 1. The first-order valence-corrected chi connectivity index (χ1v) is 6.96. The van der Waals surface area contributed by atoms with Crippen molar-refractivity contribution in [3.63, 3.8) is 0 Å². The van der Waals surface area contributed by atoms with Gasteiger partial charge in [0, 0.05) is 12.0 Å². The van der Waals surface area contributed by atoms with Gasteiger partial charge in [-0.15, -0.1) is 0 Å². The molecular formula is C17H17NO4. The molecule has 114 valence electrons. The van der Waals surface area contributed by atoms with Crippen LogP contribution in [0.25, 0.3) is 0 Å². The number of oxime groups is 1. The van der Waals surface area contributed by atoms with Crippen LogP contribution < -0.4 is 9.47 Å². The number of hydrogen-bond donors (Lipinski definition) is 1. The van der Waals surface area contributed by atoms with Crippen LogP contribution in [0, 0.1) is 0 Å². The summed E-state index contributed by atoms with van der Waals surface area (Å²) in [6.07, 6.45) is 0.278. The van der Waals surface area contributed by atoms with Crippen LogP contribution in [-0.4, -0.2) is 25.0 Å². The van der Waals surface area contributed by atoms with Crippen molar-refractivity contribution in [2.45, 2.75) is 12.5 Å². The lowest BCUT2D eigenvalue weighted by molar-refractivity contribution is 0.0835. The highest BCUT2D eigenvalue weighted by Gasteiger charge is 2.27. The molecule has 0 aromatic heterocycles. The quantitative estimate of drug-likeness (QED) is 0.941. The van der Waals surface area contributed by atoms with Gasteiger partial charge in [0.1, 0.15) is 5.75 Å². The Bertz CT molecular complexity index is 694. The van der Waals surface area contributed by atoms with E-state index in [0.29, 0.717) is 17.7 Å². The zero-order chi connectivity index (χ0) is 15.5. The Morgan fingerprint density at radius 2 is 1.86 bits per heavy atom. The molecule has 5 heteroatoms. The molecule has 1 unspecified atom stereocenters. The Morgan fingerprint density at radius 1 is 1.09 bits per heavy atom. The van der Waals surface area contributed by atoms with E-state index in [0.717, 1.165) is 17.0 Å². The second-order valence-electron chi connectivity index (χ2n) is 4.96.